The van der Waals surface area contributed by atoms with Crippen molar-refractivity contribution in [3.8, 4) is 11.3 Å². The van der Waals surface area contributed by atoms with E-state index in [0.29, 0.717) is 30.0 Å². The maximum atomic E-state index is 12.7. The highest BCUT2D eigenvalue weighted by atomic mass is 32.2. The summed E-state index contributed by atoms with van der Waals surface area (Å²) in [5.74, 6) is 0.267. The first kappa shape index (κ1) is 26.9. The third kappa shape index (κ3) is 7.93. The molecule has 0 amide bonds. The van der Waals surface area contributed by atoms with E-state index in [1.165, 1.54) is 41.4 Å². The van der Waals surface area contributed by atoms with Crippen molar-refractivity contribution in [1.29, 1.82) is 0 Å². The smallest absolute Gasteiger partial charge is 0.416 e. The van der Waals surface area contributed by atoms with Crippen LogP contribution in [0.1, 0.15) is 45.9 Å². The van der Waals surface area contributed by atoms with Crippen LogP contribution in [0.3, 0.4) is 0 Å². The molecule has 3 aromatic rings. The molecule has 2 heterocycles. The van der Waals surface area contributed by atoms with E-state index in [9.17, 15) is 18.0 Å². The van der Waals surface area contributed by atoms with Gasteiger partial charge in [-0.25, -0.2) is 9.97 Å². The van der Waals surface area contributed by atoms with E-state index in [2.05, 4.69) is 20.3 Å². The molecule has 6 nitrogen and oxygen atoms in total. The molecule has 188 valence electrons. The number of benzene rings is 1. The summed E-state index contributed by atoms with van der Waals surface area (Å²) in [5, 5.41) is 5.12. The van der Waals surface area contributed by atoms with Crippen LogP contribution < -0.4 is 5.32 Å². The van der Waals surface area contributed by atoms with Crippen molar-refractivity contribution in [3.63, 3.8) is 0 Å². The molecule has 0 fully saturated rings. The lowest BCUT2D eigenvalue weighted by atomic mass is 10.1. The van der Waals surface area contributed by atoms with Crippen LogP contribution in [-0.2, 0) is 22.1 Å². The Morgan fingerprint density at radius 3 is 2.31 bits per heavy atom. The average Bonchev–Trinajstić information content (AvgIpc) is 3.19. The minimum Gasteiger partial charge on any atom is -0.459 e. The van der Waals surface area contributed by atoms with Crippen molar-refractivity contribution in [2.75, 3.05) is 11.9 Å². The van der Waals surface area contributed by atoms with Gasteiger partial charge in [0, 0.05) is 23.9 Å². The van der Waals surface area contributed by atoms with E-state index in [4.69, 9.17) is 4.74 Å². The van der Waals surface area contributed by atoms with E-state index < -0.39 is 22.1 Å². The Labute approximate surface area is 210 Å². The number of aromatic nitrogens is 3. The molecule has 1 aromatic carbocycles. The third-order valence-electron chi connectivity index (χ3n) is 4.61. The lowest BCUT2D eigenvalue weighted by Gasteiger charge is -2.27. The monoisotopic (exact) mass is 524 g/mol. The summed E-state index contributed by atoms with van der Waals surface area (Å²) >= 11 is 2.85. The van der Waals surface area contributed by atoms with Gasteiger partial charge >= 0.3 is 12.1 Å². The largest absolute Gasteiger partial charge is 0.459 e. The molecule has 35 heavy (non-hydrogen) atoms. The average molecular weight is 525 g/mol. The molecule has 0 spiro atoms. The van der Waals surface area contributed by atoms with Crippen LogP contribution in [0.2, 0.25) is 0 Å². The highest BCUT2D eigenvalue weighted by molar-refractivity contribution is 8.03. The highest BCUT2D eigenvalue weighted by Gasteiger charge is 2.34. The number of hydrogen-bond acceptors (Lipinski definition) is 8. The maximum absolute atomic E-state index is 12.7. The Hall–Kier alpha value is -2.66. The van der Waals surface area contributed by atoms with Crippen molar-refractivity contribution < 1.29 is 22.7 Å². The molecule has 0 aliphatic rings. The normalized spacial score (nSPS) is 12.5. The topological polar surface area (TPSA) is 77.0 Å². The van der Waals surface area contributed by atoms with Crippen LogP contribution in [-0.4, -0.2) is 37.8 Å². The van der Waals surface area contributed by atoms with Gasteiger partial charge in [-0.1, -0.05) is 23.9 Å². The molecule has 0 aliphatic carbocycles. The number of anilines is 1. The van der Waals surface area contributed by atoms with Crippen molar-refractivity contribution >= 4 is 34.9 Å². The van der Waals surface area contributed by atoms with Crippen molar-refractivity contribution in [1.82, 2.24) is 15.0 Å². The minimum atomic E-state index is -4.37. The number of rotatable bonds is 8. The number of ether oxygens (including phenoxy) is 1. The van der Waals surface area contributed by atoms with Crippen LogP contribution in [0.5, 0.6) is 0 Å². The standard InChI is InChI=1S/C24H27F3N4O2S2/c1-22(2,3)33-20(32)23(4,5)35-21-31-17(14-34-21)10-11-28-19-13-29-18(12-30-19)15-6-8-16(9-7-15)24(25,26)27/h6-9,12-14H,10-11H2,1-5H3,(H,28,30). The van der Waals surface area contributed by atoms with Crippen molar-refractivity contribution in [2.24, 2.45) is 0 Å². The summed E-state index contributed by atoms with van der Waals surface area (Å²) in [7, 11) is 0. The van der Waals surface area contributed by atoms with Gasteiger partial charge in [-0.15, -0.1) is 11.3 Å². The fraction of sp³-hybridized carbons (Fsp3) is 0.417. The first-order chi connectivity index (χ1) is 16.2. The maximum Gasteiger partial charge on any atom is 0.416 e. The zero-order chi connectivity index (χ0) is 25.9. The number of nitrogens with zero attached hydrogens (tertiary/aromatic N) is 3. The second-order valence-corrected chi connectivity index (χ2v) is 12.0. The second-order valence-electron chi connectivity index (χ2n) is 9.26. The van der Waals surface area contributed by atoms with Gasteiger partial charge in [-0.05, 0) is 46.8 Å². The van der Waals surface area contributed by atoms with Gasteiger partial charge in [0.25, 0.3) is 0 Å². The molecule has 0 radical (unpaired) electrons. The van der Waals surface area contributed by atoms with E-state index in [1.54, 1.807) is 6.20 Å². The van der Waals surface area contributed by atoms with Crippen LogP contribution in [0.4, 0.5) is 19.0 Å². The number of alkyl halides is 3. The number of esters is 1. The van der Waals surface area contributed by atoms with Crippen LogP contribution >= 0.6 is 23.1 Å². The van der Waals surface area contributed by atoms with Crippen molar-refractivity contribution in [3.05, 3.63) is 53.3 Å². The number of thiazole rings is 1. The molecular formula is C24H27F3N4O2S2. The van der Waals surface area contributed by atoms with Gasteiger partial charge in [0.2, 0.25) is 0 Å². The van der Waals surface area contributed by atoms with Crippen LogP contribution in [0.25, 0.3) is 11.3 Å². The van der Waals surface area contributed by atoms with E-state index in [1.807, 2.05) is 40.0 Å². The predicted molar refractivity (Wildman–Crippen MR) is 133 cm³/mol. The Bertz CT molecular complexity index is 1140. The SMILES string of the molecule is CC(C)(C)OC(=O)C(C)(C)Sc1nc(CCNc2cnc(-c3ccc(C(F)(F)F)cc3)cn2)cs1. The van der Waals surface area contributed by atoms with E-state index in [-0.39, 0.29) is 5.97 Å². The van der Waals surface area contributed by atoms with Gasteiger partial charge in [-0.3, -0.25) is 9.78 Å². The van der Waals surface area contributed by atoms with Crippen molar-refractivity contribution in [2.45, 2.75) is 61.9 Å². The molecule has 0 bridgehead atoms. The molecule has 0 atom stereocenters. The molecule has 3 rings (SSSR count). The van der Waals surface area contributed by atoms with Gasteiger partial charge in [0.1, 0.15) is 16.2 Å². The van der Waals surface area contributed by atoms with Gasteiger partial charge in [0.15, 0.2) is 4.34 Å². The number of nitrogens with one attached hydrogen (secondary N) is 1. The predicted octanol–water partition coefficient (Wildman–Crippen LogP) is 6.49. The Morgan fingerprint density at radius 2 is 1.74 bits per heavy atom. The molecule has 0 saturated carbocycles. The fourth-order valence-electron chi connectivity index (χ4n) is 2.83. The number of halogens is 3. The fourth-order valence-corrected chi connectivity index (χ4v) is 5.09. The van der Waals surface area contributed by atoms with Crippen LogP contribution in [0.15, 0.2) is 46.4 Å². The molecule has 0 aliphatic heterocycles. The Morgan fingerprint density at radius 1 is 1.06 bits per heavy atom. The first-order valence-electron chi connectivity index (χ1n) is 10.8. The Kier molecular flexibility index (Phi) is 8.10. The van der Waals surface area contributed by atoms with Gasteiger partial charge in [0.05, 0.1) is 29.3 Å². The van der Waals surface area contributed by atoms with Gasteiger partial charge < -0.3 is 10.1 Å². The third-order valence-corrected chi connectivity index (χ3v) is 6.78. The summed E-state index contributed by atoms with van der Waals surface area (Å²) in [4.78, 5) is 25.6. The molecule has 0 unspecified atom stereocenters. The Balaban J connectivity index is 1.51. The lowest BCUT2D eigenvalue weighted by Crippen LogP contribution is -2.36. The summed E-state index contributed by atoms with van der Waals surface area (Å²) in [5.41, 5.74) is 0.675. The van der Waals surface area contributed by atoms with E-state index >= 15 is 0 Å². The molecule has 1 N–H and O–H groups in total. The number of carbonyl (C=O) groups is 1. The number of thioether (sulfide) groups is 1. The van der Waals surface area contributed by atoms with Gasteiger partial charge in [-0.2, -0.15) is 13.2 Å². The lowest BCUT2D eigenvalue weighted by molar-refractivity contribution is -0.156. The minimum absolute atomic E-state index is 0.285. The summed E-state index contributed by atoms with van der Waals surface area (Å²) in [6.45, 7) is 9.73. The summed E-state index contributed by atoms with van der Waals surface area (Å²) in [6, 6.07) is 4.81. The van der Waals surface area contributed by atoms with E-state index in [0.717, 1.165) is 22.2 Å². The molecule has 0 saturated heterocycles. The molecule has 11 heteroatoms. The van der Waals surface area contributed by atoms with Crippen LogP contribution in [0, 0.1) is 0 Å². The molecule has 2 aromatic heterocycles. The summed E-state index contributed by atoms with van der Waals surface area (Å²) < 4.78 is 43.7. The first-order valence-corrected chi connectivity index (χ1v) is 12.5. The number of hydrogen-bond donors (Lipinski definition) is 1. The molecular weight excluding hydrogens is 497 g/mol. The second kappa shape index (κ2) is 10.5. The quantitative estimate of drug-likeness (QED) is 0.267. The summed E-state index contributed by atoms with van der Waals surface area (Å²) in [6.07, 6.45) is -0.671. The highest BCUT2D eigenvalue weighted by Crippen LogP contribution is 2.36. The number of carbonyl (C=O) groups excluding carboxylic acids is 1. The zero-order valence-electron chi connectivity index (χ0n) is 20.1. The zero-order valence-corrected chi connectivity index (χ0v) is 21.7.